The average Bonchev–Trinajstić information content (AvgIpc) is 3.39. The second kappa shape index (κ2) is 7.40. The number of likely N-dealkylation sites (tertiary alicyclic amines) is 1. The second-order valence-corrected chi connectivity index (χ2v) is 8.71. The van der Waals surface area contributed by atoms with E-state index in [0.29, 0.717) is 24.4 Å². The molecule has 1 atom stereocenters. The first-order valence-electron chi connectivity index (χ1n) is 10.7. The van der Waals surface area contributed by atoms with Gasteiger partial charge in [-0.15, -0.1) is 0 Å². The molecule has 5 rings (SSSR count). The number of carbonyl (C=O) groups excluding carboxylic acids is 1. The van der Waals surface area contributed by atoms with E-state index < -0.39 is 0 Å². The second-order valence-electron chi connectivity index (χ2n) is 8.71. The van der Waals surface area contributed by atoms with Crippen LogP contribution in [0.3, 0.4) is 0 Å². The number of aliphatic hydroxyl groups is 1. The van der Waals surface area contributed by atoms with Crippen molar-refractivity contribution in [1.29, 1.82) is 0 Å². The molecule has 2 aromatic heterocycles. The van der Waals surface area contributed by atoms with Crippen LogP contribution in [0.1, 0.15) is 44.9 Å². The topological polar surface area (TPSA) is 87.4 Å². The number of carbonyl (C=O) groups is 1. The van der Waals surface area contributed by atoms with Gasteiger partial charge >= 0.3 is 0 Å². The van der Waals surface area contributed by atoms with Gasteiger partial charge in [-0.1, -0.05) is 0 Å². The summed E-state index contributed by atoms with van der Waals surface area (Å²) in [6.45, 7) is 2.41. The van der Waals surface area contributed by atoms with Crippen LogP contribution in [0.25, 0.3) is 5.69 Å². The van der Waals surface area contributed by atoms with Gasteiger partial charge in [0.05, 0.1) is 23.9 Å². The van der Waals surface area contributed by atoms with Crippen molar-refractivity contribution in [2.45, 2.75) is 57.1 Å². The van der Waals surface area contributed by atoms with E-state index in [-0.39, 0.29) is 11.5 Å². The Balaban J connectivity index is 1.29. The zero-order valence-corrected chi connectivity index (χ0v) is 16.7. The van der Waals surface area contributed by atoms with Crippen molar-refractivity contribution in [3.8, 4) is 5.69 Å². The van der Waals surface area contributed by atoms with Crippen LogP contribution in [0.4, 0.5) is 5.95 Å². The van der Waals surface area contributed by atoms with Gasteiger partial charge in [0, 0.05) is 38.1 Å². The van der Waals surface area contributed by atoms with Crippen molar-refractivity contribution in [3.05, 3.63) is 30.9 Å². The molecule has 2 aromatic rings. The lowest BCUT2D eigenvalue weighted by Crippen LogP contribution is -2.50. The molecule has 8 nitrogen and oxygen atoms in total. The Kier molecular flexibility index (Phi) is 4.73. The largest absolute Gasteiger partial charge is 0.393 e. The monoisotopic (exact) mass is 396 g/mol. The Hall–Kier alpha value is -2.48. The molecule has 3 aliphatic rings. The maximum absolute atomic E-state index is 13.4. The van der Waals surface area contributed by atoms with Crippen molar-refractivity contribution in [1.82, 2.24) is 24.6 Å². The van der Waals surface area contributed by atoms with Gasteiger partial charge in [0.1, 0.15) is 5.69 Å². The Bertz CT molecular complexity index is 847. The number of amides is 1. The van der Waals surface area contributed by atoms with Gasteiger partial charge < -0.3 is 14.9 Å². The summed E-state index contributed by atoms with van der Waals surface area (Å²) in [4.78, 5) is 26.8. The van der Waals surface area contributed by atoms with Crippen molar-refractivity contribution >= 4 is 11.9 Å². The van der Waals surface area contributed by atoms with Crippen molar-refractivity contribution in [3.63, 3.8) is 0 Å². The van der Waals surface area contributed by atoms with Gasteiger partial charge in [-0.25, -0.2) is 14.6 Å². The quantitative estimate of drug-likeness (QED) is 0.851. The molecule has 4 heterocycles. The molecule has 29 heavy (non-hydrogen) atoms. The highest BCUT2D eigenvalue weighted by molar-refractivity contribution is 5.86. The minimum absolute atomic E-state index is 0.190. The van der Waals surface area contributed by atoms with Gasteiger partial charge in [0.25, 0.3) is 0 Å². The molecule has 1 saturated carbocycles. The highest BCUT2D eigenvalue weighted by atomic mass is 16.3. The predicted octanol–water partition coefficient (Wildman–Crippen LogP) is 1.78. The minimum atomic E-state index is -0.307. The third kappa shape index (κ3) is 3.39. The summed E-state index contributed by atoms with van der Waals surface area (Å²) in [6, 6.07) is 2.16. The van der Waals surface area contributed by atoms with E-state index in [1.807, 2.05) is 12.3 Å². The van der Waals surface area contributed by atoms with Crippen LogP contribution < -0.4 is 4.90 Å². The molecule has 2 saturated heterocycles. The van der Waals surface area contributed by atoms with E-state index in [1.165, 1.54) is 0 Å². The highest BCUT2D eigenvalue weighted by Gasteiger charge is 2.50. The smallest absolute Gasteiger partial charge is 0.230 e. The predicted molar refractivity (Wildman–Crippen MR) is 108 cm³/mol. The number of anilines is 1. The Labute approximate surface area is 170 Å². The minimum Gasteiger partial charge on any atom is -0.393 e. The summed E-state index contributed by atoms with van der Waals surface area (Å²) in [5, 5.41) is 14.0. The SMILES string of the molecule is O=C1N(C2CCC(O)CC2)CCC12CCCN(c1ncc(-n3cccn3)cn1)C2. The van der Waals surface area contributed by atoms with E-state index in [0.717, 1.165) is 63.7 Å². The van der Waals surface area contributed by atoms with E-state index in [2.05, 4.69) is 24.9 Å². The molecule has 8 heteroatoms. The first-order chi connectivity index (χ1) is 14.1. The van der Waals surface area contributed by atoms with Crippen molar-refractivity contribution < 1.29 is 9.90 Å². The number of aromatic nitrogens is 4. The maximum Gasteiger partial charge on any atom is 0.230 e. The number of nitrogens with zero attached hydrogens (tertiary/aromatic N) is 6. The molecule has 0 radical (unpaired) electrons. The third-order valence-electron chi connectivity index (χ3n) is 6.91. The summed E-state index contributed by atoms with van der Waals surface area (Å²) in [7, 11) is 0. The molecule has 1 N–H and O–H groups in total. The summed E-state index contributed by atoms with van der Waals surface area (Å²) >= 11 is 0. The highest BCUT2D eigenvalue weighted by Crippen LogP contribution is 2.43. The van der Waals surface area contributed by atoms with Crippen LogP contribution in [-0.4, -0.2) is 67.4 Å². The van der Waals surface area contributed by atoms with E-state index >= 15 is 0 Å². The first kappa shape index (κ1) is 18.5. The van der Waals surface area contributed by atoms with Crippen LogP contribution >= 0.6 is 0 Å². The third-order valence-corrected chi connectivity index (χ3v) is 6.91. The van der Waals surface area contributed by atoms with Gasteiger partial charge in [-0.3, -0.25) is 4.79 Å². The molecular formula is C21H28N6O2. The van der Waals surface area contributed by atoms with Crippen LogP contribution in [0, 0.1) is 5.41 Å². The van der Waals surface area contributed by atoms with Gasteiger partial charge in [0.2, 0.25) is 11.9 Å². The summed E-state index contributed by atoms with van der Waals surface area (Å²) in [5.41, 5.74) is 0.520. The lowest BCUT2D eigenvalue weighted by atomic mass is 9.78. The number of hydrogen-bond acceptors (Lipinski definition) is 6. The number of aliphatic hydroxyl groups excluding tert-OH is 1. The number of rotatable bonds is 3. The average molecular weight is 396 g/mol. The zero-order valence-electron chi connectivity index (χ0n) is 16.7. The van der Waals surface area contributed by atoms with Crippen molar-refractivity contribution in [2.24, 2.45) is 5.41 Å². The summed E-state index contributed by atoms with van der Waals surface area (Å²) in [6.07, 6.45) is 13.3. The van der Waals surface area contributed by atoms with Gasteiger partial charge in [-0.2, -0.15) is 5.10 Å². The molecule has 1 amide bonds. The Morgan fingerprint density at radius 2 is 1.86 bits per heavy atom. The lowest BCUT2D eigenvalue weighted by molar-refractivity contribution is -0.139. The van der Waals surface area contributed by atoms with E-state index in [9.17, 15) is 9.90 Å². The molecule has 1 spiro atoms. The fourth-order valence-corrected chi connectivity index (χ4v) is 5.26. The maximum atomic E-state index is 13.4. The van der Waals surface area contributed by atoms with E-state index in [4.69, 9.17) is 0 Å². The Morgan fingerprint density at radius 3 is 2.59 bits per heavy atom. The number of piperidine rings is 1. The molecule has 1 aliphatic carbocycles. The molecule has 0 aromatic carbocycles. The van der Waals surface area contributed by atoms with Crippen LogP contribution in [-0.2, 0) is 4.79 Å². The summed E-state index contributed by atoms with van der Waals surface area (Å²) < 4.78 is 1.74. The molecule has 3 fully saturated rings. The molecule has 1 unspecified atom stereocenters. The molecule has 154 valence electrons. The molecular weight excluding hydrogens is 368 g/mol. The van der Waals surface area contributed by atoms with Crippen LogP contribution in [0.5, 0.6) is 0 Å². The normalized spacial score (nSPS) is 30.3. The Morgan fingerprint density at radius 1 is 1.07 bits per heavy atom. The van der Waals surface area contributed by atoms with Crippen LogP contribution in [0.15, 0.2) is 30.9 Å². The first-order valence-corrected chi connectivity index (χ1v) is 10.7. The lowest BCUT2D eigenvalue weighted by Gasteiger charge is -2.40. The van der Waals surface area contributed by atoms with Crippen LogP contribution in [0.2, 0.25) is 0 Å². The molecule has 0 bridgehead atoms. The fraction of sp³-hybridized carbons (Fsp3) is 0.619. The van der Waals surface area contributed by atoms with Crippen molar-refractivity contribution in [2.75, 3.05) is 24.5 Å². The van der Waals surface area contributed by atoms with Gasteiger partial charge in [0.15, 0.2) is 0 Å². The fourth-order valence-electron chi connectivity index (χ4n) is 5.26. The summed E-state index contributed by atoms with van der Waals surface area (Å²) in [5.74, 6) is 0.990. The molecule has 2 aliphatic heterocycles. The standard InChI is InChI=1S/C21H28N6O2/c28-18-5-3-16(4-6-18)26-12-8-21(19(26)29)7-1-10-25(15-21)20-22-13-17(14-23-20)27-11-2-9-24-27/h2,9,11,13-14,16,18,28H,1,3-8,10,12,15H2. The number of hydrogen-bond donors (Lipinski definition) is 1. The van der Waals surface area contributed by atoms with E-state index in [1.54, 1.807) is 23.3 Å². The zero-order chi connectivity index (χ0) is 19.8. The van der Waals surface area contributed by atoms with Gasteiger partial charge in [-0.05, 0) is 51.0 Å².